The van der Waals surface area contributed by atoms with Crippen LogP contribution in [0.2, 0.25) is 0 Å². The van der Waals surface area contributed by atoms with Crippen molar-refractivity contribution in [2.24, 2.45) is 0 Å². The molecular formula is C14H20N2OS. The van der Waals surface area contributed by atoms with E-state index in [4.69, 9.17) is 0 Å². The molecule has 2 aliphatic rings. The van der Waals surface area contributed by atoms with Crippen LogP contribution in [0, 0.1) is 6.92 Å². The molecule has 0 aromatic carbocycles. The molecule has 0 saturated carbocycles. The van der Waals surface area contributed by atoms with Crippen LogP contribution in [0.1, 0.15) is 35.4 Å². The van der Waals surface area contributed by atoms with Gasteiger partial charge in [0.25, 0.3) is 0 Å². The molecule has 2 fully saturated rings. The molecular weight excluding hydrogens is 244 g/mol. The first-order valence-electron chi connectivity index (χ1n) is 6.82. The first kappa shape index (κ1) is 12.2. The van der Waals surface area contributed by atoms with E-state index < -0.39 is 0 Å². The van der Waals surface area contributed by atoms with E-state index in [1.807, 2.05) is 11.3 Å². The second kappa shape index (κ2) is 5.02. The van der Waals surface area contributed by atoms with Gasteiger partial charge in [0.15, 0.2) is 0 Å². The molecule has 1 N–H and O–H groups in total. The summed E-state index contributed by atoms with van der Waals surface area (Å²) in [6, 6.07) is 5.16. The molecule has 0 bridgehead atoms. The first-order valence-corrected chi connectivity index (χ1v) is 7.64. The number of nitrogens with one attached hydrogen (secondary N) is 1. The highest BCUT2D eigenvalue weighted by Gasteiger charge is 2.40. The summed E-state index contributed by atoms with van der Waals surface area (Å²) in [7, 11) is 0. The molecule has 0 aliphatic carbocycles. The molecule has 0 spiro atoms. The highest BCUT2D eigenvalue weighted by atomic mass is 32.1. The molecule has 3 rings (SSSR count). The van der Waals surface area contributed by atoms with E-state index in [1.165, 1.54) is 29.0 Å². The number of carbonyl (C=O) groups is 1. The summed E-state index contributed by atoms with van der Waals surface area (Å²) in [5, 5.41) is 3.59. The van der Waals surface area contributed by atoms with Gasteiger partial charge < -0.3 is 10.2 Å². The molecule has 1 aromatic heterocycles. The molecule has 2 atom stereocenters. The Morgan fingerprint density at radius 3 is 3.11 bits per heavy atom. The largest absolute Gasteiger partial charge is 0.338 e. The van der Waals surface area contributed by atoms with E-state index in [-0.39, 0.29) is 0 Å². The van der Waals surface area contributed by atoms with Gasteiger partial charge in [0.1, 0.15) is 0 Å². The minimum Gasteiger partial charge on any atom is -0.338 e. The Balaban J connectivity index is 1.61. The van der Waals surface area contributed by atoms with Crippen LogP contribution in [0.5, 0.6) is 0 Å². The van der Waals surface area contributed by atoms with Crippen LogP contribution in [0.4, 0.5) is 0 Å². The van der Waals surface area contributed by atoms with Crippen LogP contribution in [0.25, 0.3) is 0 Å². The zero-order chi connectivity index (χ0) is 12.5. The molecule has 0 radical (unpaired) electrons. The summed E-state index contributed by atoms with van der Waals surface area (Å²) >= 11 is 1.84. The monoisotopic (exact) mass is 264 g/mol. The third-order valence-corrected chi connectivity index (χ3v) is 5.06. The minimum atomic E-state index is 0.347. The number of rotatable bonds is 3. The van der Waals surface area contributed by atoms with Gasteiger partial charge in [0.05, 0.1) is 0 Å². The van der Waals surface area contributed by atoms with E-state index >= 15 is 0 Å². The van der Waals surface area contributed by atoms with Crippen molar-refractivity contribution >= 4 is 17.2 Å². The number of amides is 1. The van der Waals surface area contributed by atoms with Gasteiger partial charge in [0.2, 0.25) is 5.91 Å². The lowest BCUT2D eigenvalue weighted by atomic mass is 9.99. The molecule has 2 aliphatic heterocycles. The van der Waals surface area contributed by atoms with Crippen LogP contribution >= 0.6 is 11.3 Å². The van der Waals surface area contributed by atoms with Crippen molar-refractivity contribution in [3.8, 4) is 0 Å². The van der Waals surface area contributed by atoms with Crippen molar-refractivity contribution in [1.82, 2.24) is 10.2 Å². The van der Waals surface area contributed by atoms with Crippen molar-refractivity contribution in [2.45, 2.75) is 51.2 Å². The standard InChI is InChI=1S/C14H20N2OS/c1-10-5-6-11(18-10)9-15-12-8-14(17)16-7-3-2-4-13(12)16/h5-6,12-13,15H,2-4,7-9H2,1H3. The molecule has 1 aromatic rings. The number of carbonyl (C=O) groups excluding carboxylic acids is 1. The average molecular weight is 264 g/mol. The molecule has 1 amide bonds. The number of piperidine rings is 1. The van der Waals surface area contributed by atoms with E-state index in [0.717, 1.165) is 13.1 Å². The van der Waals surface area contributed by atoms with Crippen molar-refractivity contribution in [2.75, 3.05) is 6.54 Å². The van der Waals surface area contributed by atoms with Gasteiger partial charge in [-0.25, -0.2) is 0 Å². The number of thiophene rings is 1. The van der Waals surface area contributed by atoms with Gasteiger partial charge in [-0.1, -0.05) is 0 Å². The normalized spacial score (nSPS) is 27.6. The van der Waals surface area contributed by atoms with Gasteiger partial charge >= 0.3 is 0 Å². The zero-order valence-electron chi connectivity index (χ0n) is 10.8. The van der Waals surface area contributed by atoms with Crippen molar-refractivity contribution in [3.63, 3.8) is 0 Å². The number of fused-ring (bicyclic) bond motifs is 1. The predicted molar refractivity (Wildman–Crippen MR) is 73.7 cm³/mol. The van der Waals surface area contributed by atoms with Gasteiger partial charge in [0, 0.05) is 41.3 Å². The fourth-order valence-electron chi connectivity index (χ4n) is 3.15. The number of aryl methyl sites for hydroxylation is 1. The maximum Gasteiger partial charge on any atom is 0.224 e. The first-order chi connectivity index (χ1) is 8.74. The van der Waals surface area contributed by atoms with Crippen molar-refractivity contribution in [3.05, 3.63) is 21.9 Å². The summed E-state index contributed by atoms with van der Waals surface area (Å²) in [4.78, 5) is 16.7. The van der Waals surface area contributed by atoms with Crippen LogP contribution < -0.4 is 5.32 Å². The fourth-order valence-corrected chi connectivity index (χ4v) is 3.99. The Kier molecular flexibility index (Phi) is 3.39. The third-order valence-electron chi connectivity index (χ3n) is 4.06. The predicted octanol–water partition coefficient (Wildman–Crippen LogP) is 2.30. The summed E-state index contributed by atoms with van der Waals surface area (Å²) < 4.78 is 0. The second-order valence-electron chi connectivity index (χ2n) is 5.35. The maximum atomic E-state index is 11.9. The molecule has 98 valence electrons. The zero-order valence-corrected chi connectivity index (χ0v) is 11.6. The molecule has 3 heterocycles. The van der Waals surface area contributed by atoms with E-state index in [2.05, 4.69) is 29.3 Å². The Bertz CT molecular complexity index is 443. The van der Waals surface area contributed by atoms with Gasteiger partial charge in [-0.3, -0.25) is 4.79 Å². The molecule has 18 heavy (non-hydrogen) atoms. The van der Waals surface area contributed by atoms with Gasteiger partial charge in [-0.05, 0) is 38.3 Å². The number of hydrogen-bond donors (Lipinski definition) is 1. The number of nitrogens with zero attached hydrogens (tertiary/aromatic N) is 1. The smallest absolute Gasteiger partial charge is 0.224 e. The lowest BCUT2D eigenvalue weighted by Gasteiger charge is -2.32. The molecule has 2 saturated heterocycles. The molecule has 2 unspecified atom stereocenters. The fraction of sp³-hybridized carbons (Fsp3) is 0.643. The topological polar surface area (TPSA) is 32.3 Å². The Labute approximate surface area is 112 Å². The van der Waals surface area contributed by atoms with E-state index in [1.54, 1.807) is 0 Å². The Morgan fingerprint density at radius 1 is 1.44 bits per heavy atom. The highest BCUT2D eigenvalue weighted by Crippen LogP contribution is 2.28. The summed E-state index contributed by atoms with van der Waals surface area (Å²) in [6.07, 6.45) is 4.31. The lowest BCUT2D eigenvalue weighted by molar-refractivity contribution is -0.129. The SMILES string of the molecule is Cc1ccc(CNC2CC(=O)N3CCCCC23)s1. The van der Waals surface area contributed by atoms with E-state index in [0.29, 0.717) is 24.4 Å². The van der Waals surface area contributed by atoms with Gasteiger partial charge in [-0.15, -0.1) is 11.3 Å². The lowest BCUT2D eigenvalue weighted by Crippen LogP contribution is -2.45. The summed E-state index contributed by atoms with van der Waals surface area (Å²) in [5.41, 5.74) is 0. The quantitative estimate of drug-likeness (QED) is 0.908. The minimum absolute atomic E-state index is 0.347. The van der Waals surface area contributed by atoms with Crippen LogP contribution in [0.3, 0.4) is 0 Å². The molecule has 3 nitrogen and oxygen atoms in total. The number of hydrogen-bond acceptors (Lipinski definition) is 3. The summed E-state index contributed by atoms with van der Waals surface area (Å²) in [5.74, 6) is 0.347. The van der Waals surface area contributed by atoms with Crippen molar-refractivity contribution < 1.29 is 4.79 Å². The average Bonchev–Trinajstić information content (AvgIpc) is 2.92. The van der Waals surface area contributed by atoms with Crippen LogP contribution in [-0.2, 0) is 11.3 Å². The maximum absolute atomic E-state index is 11.9. The Hall–Kier alpha value is -0.870. The third kappa shape index (κ3) is 2.31. The summed E-state index contributed by atoms with van der Waals surface area (Å²) in [6.45, 7) is 4.01. The van der Waals surface area contributed by atoms with Crippen molar-refractivity contribution in [1.29, 1.82) is 0 Å². The highest BCUT2D eigenvalue weighted by molar-refractivity contribution is 7.11. The van der Waals surface area contributed by atoms with Crippen LogP contribution in [0.15, 0.2) is 12.1 Å². The molecule has 4 heteroatoms. The van der Waals surface area contributed by atoms with Crippen LogP contribution in [-0.4, -0.2) is 29.4 Å². The van der Waals surface area contributed by atoms with Gasteiger partial charge in [-0.2, -0.15) is 0 Å². The Morgan fingerprint density at radius 2 is 2.33 bits per heavy atom. The second-order valence-corrected chi connectivity index (χ2v) is 6.73. The van der Waals surface area contributed by atoms with E-state index in [9.17, 15) is 4.79 Å².